The zero-order chi connectivity index (χ0) is 13.9. The molecule has 2 aromatic rings. The van der Waals surface area contributed by atoms with Gasteiger partial charge in [0.05, 0.1) is 12.6 Å². The van der Waals surface area contributed by atoms with Crippen molar-refractivity contribution in [2.45, 2.75) is 25.4 Å². The zero-order valence-corrected chi connectivity index (χ0v) is 11.3. The first-order valence-corrected chi connectivity index (χ1v) is 6.94. The number of carbonyl (C=O) groups excluding carboxylic acids is 1. The number of likely N-dealkylation sites (tertiary alicyclic amines) is 1. The van der Waals surface area contributed by atoms with Crippen LogP contribution in [0.25, 0.3) is 0 Å². The lowest BCUT2D eigenvalue weighted by Gasteiger charge is -2.24. The van der Waals surface area contributed by atoms with Crippen LogP contribution in [0.5, 0.6) is 0 Å². The topological polar surface area (TPSA) is 59.5 Å². The second-order valence-corrected chi connectivity index (χ2v) is 5.04. The van der Waals surface area contributed by atoms with Gasteiger partial charge in [-0.3, -0.25) is 4.79 Å². The Morgan fingerprint density at radius 1 is 1.25 bits per heavy atom. The minimum absolute atomic E-state index is 0.0453. The van der Waals surface area contributed by atoms with Gasteiger partial charge < -0.3 is 15.1 Å². The molecule has 1 atom stereocenters. The summed E-state index contributed by atoms with van der Waals surface area (Å²) >= 11 is 0. The predicted octanol–water partition coefficient (Wildman–Crippen LogP) is 2.72. The summed E-state index contributed by atoms with van der Waals surface area (Å²) in [6, 6.07) is 13.8. The van der Waals surface area contributed by atoms with Crippen molar-refractivity contribution in [1.82, 2.24) is 4.90 Å². The highest BCUT2D eigenvalue weighted by atomic mass is 16.4. The van der Waals surface area contributed by atoms with Crippen LogP contribution in [-0.2, 0) is 6.54 Å². The van der Waals surface area contributed by atoms with Crippen molar-refractivity contribution in [3.63, 3.8) is 0 Å². The van der Waals surface area contributed by atoms with Crippen LogP contribution in [0.3, 0.4) is 0 Å². The molecule has 0 spiro atoms. The molecule has 2 heterocycles. The number of nitrogens with zero attached hydrogens (tertiary/aromatic N) is 1. The van der Waals surface area contributed by atoms with E-state index in [1.165, 1.54) is 5.56 Å². The second kappa shape index (κ2) is 5.51. The van der Waals surface area contributed by atoms with Gasteiger partial charge in [-0.2, -0.15) is 0 Å². The molecule has 1 amide bonds. The van der Waals surface area contributed by atoms with Gasteiger partial charge in [0.2, 0.25) is 0 Å². The first kappa shape index (κ1) is 12.9. The molecule has 4 nitrogen and oxygen atoms in total. The van der Waals surface area contributed by atoms with E-state index in [0.29, 0.717) is 18.1 Å². The third-order valence-corrected chi connectivity index (χ3v) is 3.77. The average molecular weight is 270 g/mol. The highest BCUT2D eigenvalue weighted by Gasteiger charge is 2.31. The van der Waals surface area contributed by atoms with Gasteiger partial charge >= 0.3 is 0 Å². The highest BCUT2D eigenvalue weighted by Crippen LogP contribution is 2.33. The fraction of sp³-hybridized carbons (Fsp3) is 0.312. The number of hydrogen-bond donors (Lipinski definition) is 1. The number of amides is 1. The summed E-state index contributed by atoms with van der Waals surface area (Å²) in [6.07, 6.45) is 2.02. The molecule has 1 aliphatic rings. The molecule has 1 aromatic carbocycles. The maximum absolute atomic E-state index is 12.6. The average Bonchev–Trinajstić information content (AvgIpc) is 3.16. The quantitative estimate of drug-likeness (QED) is 0.932. The van der Waals surface area contributed by atoms with Gasteiger partial charge in [-0.05, 0) is 30.5 Å². The molecule has 0 radical (unpaired) electrons. The van der Waals surface area contributed by atoms with Crippen LogP contribution in [0.1, 0.15) is 40.8 Å². The molecule has 1 aliphatic heterocycles. The zero-order valence-electron chi connectivity index (χ0n) is 11.3. The van der Waals surface area contributed by atoms with Gasteiger partial charge in [-0.25, -0.2) is 0 Å². The molecule has 1 aromatic heterocycles. The normalized spacial score (nSPS) is 18.4. The first-order valence-electron chi connectivity index (χ1n) is 6.94. The second-order valence-electron chi connectivity index (χ2n) is 5.04. The van der Waals surface area contributed by atoms with Crippen molar-refractivity contribution in [2.24, 2.45) is 5.73 Å². The molecule has 20 heavy (non-hydrogen) atoms. The smallest absolute Gasteiger partial charge is 0.290 e. The lowest BCUT2D eigenvalue weighted by Crippen LogP contribution is -2.30. The van der Waals surface area contributed by atoms with Crippen LogP contribution in [0.2, 0.25) is 0 Å². The van der Waals surface area contributed by atoms with Crippen molar-refractivity contribution in [3.8, 4) is 0 Å². The SMILES string of the molecule is NCc1ccc(C(=O)N2CCCC2c2ccccc2)o1. The standard InChI is InChI=1S/C16H18N2O2/c17-11-13-8-9-15(20-13)16(19)18-10-4-7-14(18)12-5-2-1-3-6-12/h1-3,5-6,8-9,14H,4,7,10-11,17H2. The van der Waals surface area contributed by atoms with Crippen LogP contribution in [0.15, 0.2) is 46.9 Å². The van der Waals surface area contributed by atoms with Crippen molar-refractivity contribution in [1.29, 1.82) is 0 Å². The molecular formula is C16H18N2O2. The molecular weight excluding hydrogens is 252 g/mol. The Kier molecular flexibility index (Phi) is 3.56. The van der Waals surface area contributed by atoms with E-state index in [2.05, 4.69) is 12.1 Å². The molecule has 1 unspecified atom stereocenters. The molecule has 1 saturated heterocycles. The summed E-state index contributed by atoms with van der Waals surface area (Å²) in [7, 11) is 0. The van der Waals surface area contributed by atoms with Gasteiger partial charge in [-0.15, -0.1) is 0 Å². The molecule has 0 bridgehead atoms. The lowest BCUT2D eigenvalue weighted by atomic mass is 10.0. The van der Waals surface area contributed by atoms with E-state index >= 15 is 0 Å². The van der Waals surface area contributed by atoms with E-state index in [9.17, 15) is 4.79 Å². The van der Waals surface area contributed by atoms with Gasteiger partial charge in [0.25, 0.3) is 5.91 Å². The summed E-state index contributed by atoms with van der Waals surface area (Å²) in [5.74, 6) is 0.980. The van der Waals surface area contributed by atoms with Gasteiger partial charge in [0, 0.05) is 6.54 Å². The minimum Gasteiger partial charge on any atom is -0.455 e. The molecule has 104 valence electrons. The van der Waals surface area contributed by atoms with Gasteiger partial charge in [0.1, 0.15) is 5.76 Å². The van der Waals surface area contributed by atoms with E-state index in [1.807, 2.05) is 23.1 Å². The largest absolute Gasteiger partial charge is 0.455 e. The van der Waals surface area contributed by atoms with Gasteiger partial charge in [0.15, 0.2) is 5.76 Å². The number of nitrogens with two attached hydrogens (primary N) is 1. The molecule has 1 fully saturated rings. The molecule has 2 N–H and O–H groups in total. The van der Waals surface area contributed by atoms with Crippen molar-refractivity contribution in [3.05, 3.63) is 59.5 Å². The summed E-state index contributed by atoms with van der Waals surface area (Å²) in [6.45, 7) is 1.09. The van der Waals surface area contributed by atoms with Crippen molar-refractivity contribution >= 4 is 5.91 Å². The van der Waals surface area contributed by atoms with E-state index in [1.54, 1.807) is 12.1 Å². The van der Waals surface area contributed by atoms with Crippen molar-refractivity contribution in [2.75, 3.05) is 6.54 Å². The Labute approximate surface area is 118 Å². The summed E-state index contributed by atoms with van der Waals surface area (Å²) < 4.78 is 5.47. The number of benzene rings is 1. The fourth-order valence-corrected chi connectivity index (χ4v) is 2.78. The van der Waals surface area contributed by atoms with Gasteiger partial charge in [-0.1, -0.05) is 30.3 Å². The Morgan fingerprint density at radius 3 is 2.75 bits per heavy atom. The minimum atomic E-state index is -0.0453. The van der Waals surface area contributed by atoms with Crippen LogP contribution < -0.4 is 5.73 Å². The maximum atomic E-state index is 12.6. The Morgan fingerprint density at radius 2 is 2.05 bits per heavy atom. The highest BCUT2D eigenvalue weighted by molar-refractivity contribution is 5.92. The first-order chi connectivity index (χ1) is 9.79. The molecule has 0 aliphatic carbocycles. The Bertz CT molecular complexity index is 592. The van der Waals surface area contributed by atoms with E-state index in [0.717, 1.165) is 19.4 Å². The Balaban J connectivity index is 1.83. The third-order valence-electron chi connectivity index (χ3n) is 3.77. The van der Waals surface area contributed by atoms with E-state index in [-0.39, 0.29) is 11.9 Å². The van der Waals surface area contributed by atoms with Crippen LogP contribution in [0, 0.1) is 0 Å². The summed E-state index contributed by atoms with van der Waals surface area (Å²) in [4.78, 5) is 14.4. The fourth-order valence-electron chi connectivity index (χ4n) is 2.78. The number of furan rings is 1. The Hall–Kier alpha value is -2.07. The number of hydrogen-bond acceptors (Lipinski definition) is 3. The van der Waals surface area contributed by atoms with Crippen LogP contribution in [-0.4, -0.2) is 17.4 Å². The summed E-state index contributed by atoms with van der Waals surface area (Å²) in [5, 5.41) is 0. The van der Waals surface area contributed by atoms with Crippen LogP contribution >= 0.6 is 0 Å². The van der Waals surface area contributed by atoms with E-state index in [4.69, 9.17) is 10.2 Å². The molecule has 0 saturated carbocycles. The predicted molar refractivity (Wildman–Crippen MR) is 76.1 cm³/mol. The number of carbonyl (C=O) groups is 1. The third kappa shape index (κ3) is 2.34. The van der Waals surface area contributed by atoms with Crippen LogP contribution in [0.4, 0.5) is 0 Å². The van der Waals surface area contributed by atoms with Crippen molar-refractivity contribution < 1.29 is 9.21 Å². The van der Waals surface area contributed by atoms with E-state index < -0.39 is 0 Å². The maximum Gasteiger partial charge on any atom is 0.290 e. The number of rotatable bonds is 3. The summed E-state index contributed by atoms with van der Waals surface area (Å²) in [5.41, 5.74) is 6.70. The molecule has 3 rings (SSSR count). The monoisotopic (exact) mass is 270 g/mol. The molecule has 4 heteroatoms. The lowest BCUT2D eigenvalue weighted by molar-refractivity contribution is 0.0701.